The predicted octanol–water partition coefficient (Wildman–Crippen LogP) is 9.16. The van der Waals surface area contributed by atoms with Gasteiger partial charge in [-0.1, -0.05) is 141 Å². The molecule has 2 heterocycles. The van der Waals surface area contributed by atoms with Gasteiger partial charge in [0.1, 0.15) is 49.3 Å². The Morgan fingerprint density at radius 1 is 0.523 bits per heavy atom. The molecular formula is C63H115N2O20P. The van der Waals surface area contributed by atoms with E-state index in [1.807, 2.05) is 0 Å². The first kappa shape index (κ1) is 79.2. The predicted molar refractivity (Wildman–Crippen MR) is 326 cm³/mol. The van der Waals surface area contributed by atoms with Gasteiger partial charge in [-0.05, 0) is 90.4 Å². The van der Waals surface area contributed by atoms with Crippen LogP contribution in [0.25, 0.3) is 0 Å². The molecule has 2 aliphatic heterocycles. The number of unbranched alkanes of at least 4 members (excludes halogenated alkanes) is 23. The fraction of sp³-hybridized carbons (Fsp3) is 0.873. The minimum atomic E-state index is -4.20. The number of aliphatic hydroxyl groups is 6. The maximum atomic E-state index is 13.4. The van der Waals surface area contributed by atoms with Crippen LogP contribution in [0.5, 0.6) is 0 Å². The standard InChI is InChI=1S/C63H115N2O20P/c1-5-7-9-11-13-15-17-19-21-23-25-27-29-31-33-40-54(69)79-47-50(83-55(70)41-34-32-30-28-26-24-22-20-18-16-14-12-10-8-6-2)48-81-86(76,77-4)80-45-43-65-53(68)39-36-35-38-52(67)64-42-37-44-78-63-61(59(74)57(72)51(46-66)84-63)85-62-60(75)58(73)56(71)49(3)82-62/h19-22,49-51,56-63,66,71-75H,5-18,23-48H2,1-4H3,(H,64,67)(H,65,68)/b21-19?,22-20+/t49?,50-,51?,56+,57+,58-,59+,60?,61?,62+,63-,86?/m1/s1. The fourth-order valence-electron chi connectivity index (χ4n) is 9.83. The van der Waals surface area contributed by atoms with E-state index in [0.29, 0.717) is 25.7 Å². The summed E-state index contributed by atoms with van der Waals surface area (Å²) >= 11 is 0. The van der Waals surface area contributed by atoms with Crippen molar-refractivity contribution >= 4 is 31.6 Å². The Hall–Kier alpha value is -2.93. The summed E-state index contributed by atoms with van der Waals surface area (Å²) in [5.74, 6) is -1.53. The number of rotatable bonds is 54. The topological polar surface area (TPSA) is 314 Å². The summed E-state index contributed by atoms with van der Waals surface area (Å²) in [5.41, 5.74) is 0. The van der Waals surface area contributed by atoms with Crippen LogP contribution in [0.15, 0.2) is 24.3 Å². The molecule has 0 aromatic rings. The van der Waals surface area contributed by atoms with Crippen LogP contribution in [0.2, 0.25) is 0 Å². The van der Waals surface area contributed by atoms with Gasteiger partial charge in [-0.3, -0.25) is 32.7 Å². The molecule has 502 valence electrons. The Labute approximate surface area is 514 Å². The summed E-state index contributed by atoms with van der Waals surface area (Å²) in [6.45, 7) is 4.39. The Bertz CT molecular complexity index is 1850. The van der Waals surface area contributed by atoms with Gasteiger partial charge in [0, 0.05) is 45.9 Å². The maximum Gasteiger partial charge on any atom is 0.474 e. The van der Waals surface area contributed by atoms with E-state index in [2.05, 4.69) is 48.8 Å². The van der Waals surface area contributed by atoms with E-state index >= 15 is 0 Å². The smallest absolute Gasteiger partial charge is 0.462 e. The summed E-state index contributed by atoms with van der Waals surface area (Å²) < 4.78 is 63.2. The van der Waals surface area contributed by atoms with E-state index in [1.165, 1.54) is 84.0 Å². The maximum absolute atomic E-state index is 13.4. The number of esters is 2. The molecule has 12 atom stereocenters. The second-order valence-electron chi connectivity index (χ2n) is 22.8. The minimum Gasteiger partial charge on any atom is -0.462 e. The first-order valence-corrected chi connectivity index (χ1v) is 34.3. The molecule has 0 aromatic heterocycles. The highest BCUT2D eigenvalue weighted by molar-refractivity contribution is 7.48. The zero-order chi connectivity index (χ0) is 63.1. The van der Waals surface area contributed by atoms with Gasteiger partial charge in [-0.15, -0.1) is 0 Å². The highest BCUT2D eigenvalue weighted by Gasteiger charge is 2.50. The third kappa shape index (κ3) is 37.3. The van der Waals surface area contributed by atoms with E-state index in [-0.39, 0.29) is 76.8 Å². The Morgan fingerprint density at radius 3 is 1.53 bits per heavy atom. The number of amides is 2. The molecule has 8 N–H and O–H groups in total. The molecular weight excluding hydrogens is 1140 g/mol. The normalized spacial score (nSPS) is 23.6. The molecule has 2 amide bonds. The van der Waals surface area contributed by atoms with Gasteiger partial charge < -0.3 is 69.7 Å². The Morgan fingerprint density at radius 2 is 1.01 bits per heavy atom. The largest absolute Gasteiger partial charge is 0.474 e. The molecule has 0 saturated carbocycles. The van der Waals surface area contributed by atoms with Crippen LogP contribution in [0.1, 0.15) is 233 Å². The van der Waals surface area contributed by atoms with Crippen molar-refractivity contribution in [1.82, 2.24) is 10.6 Å². The molecule has 22 nitrogen and oxygen atoms in total. The molecule has 2 saturated heterocycles. The lowest BCUT2D eigenvalue weighted by atomic mass is 9.97. The molecule has 2 fully saturated rings. The summed E-state index contributed by atoms with van der Waals surface area (Å²) in [7, 11) is -3.06. The number of aliphatic hydroxyl groups excluding tert-OH is 6. The summed E-state index contributed by atoms with van der Waals surface area (Å²) in [6.07, 6.45) is 24.7. The average molecular weight is 1250 g/mol. The SMILES string of the molecule is CCCCCCCCC=CCCCCCCCC(=O)OC[C@H](COP(=O)(OC)OCCNC(=O)CCCCC(=O)NCCCO[C@@H]1OC(CO)[C@H](O)[C@H](O)C1O[C@@H]1OC(C)[C@H](O)[C@@H](O)C1O)OC(=O)CCCCCCC/C=C/CCCCCCCC. The van der Waals surface area contributed by atoms with Gasteiger partial charge >= 0.3 is 19.8 Å². The number of carbonyl (C=O) groups excluding carboxylic acids is 4. The molecule has 23 heteroatoms. The Kier molecular flexibility index (Phi) is 46.7. The summed E-state index contributed by atoms with van der Waals surface area (Å²) in [6, 6.07) is 0. The van der Waals surface area contributed by atoms with Crippen molar-refractivity contribution in [3.05, 3.63) is 24.3 Å². The van der Waals surface area contributed by atoms with Crippen LogP contribution in [-0.2, 0) is 65.7 Å². The average Bonchev–Trinajstić information content (AvgIpc) is 1.32. The van der Waals surface area contributed by atoms with Crippen molar-refractivity contribution in [2.75, 3.05) is 53.2 Å². The van der Waals surface area contributed by atoms with E-state index < -0.39 is 100 Å². The van der Waals surface area contributed by atoms with Crippen molar-refractivity contribution in [3.63, 3.8) is 0 Å². The molecule has 0 spiro atoms. The monoisotopic (exact) mass is 1250 g/mol. The van der Waals surface area contributed by atoms with Gasteiger partial charge in [0.05, 0.1) is 32.5 Å². The summed E-state index contributed by atoms with van der Waals surface area (Å²) in [5, 5.41) is 67.0. The number of carbonyl (C=O) groups is 4. The van der Waals surface area contributed by atoms with Crippen LogP contribution in [-0.4, -0.2) is 175 Å². The van der Waals surface area contributed by atoms with Crippen molar-refractivity contribution < 1.29 is 96.4 Å². The van der Waals surface area contributed by atoms with Crippen LogP contribution < -0.4 is 10.6 Å². The van der Waals surface area contributed by atoms with E-state index in [0.717, 1.165) is 84.2 Å². The van der Waals surface area contributed by atoms with Crippen LogP contribution in [0.4, 0.5) is 0 Å². The van der Waals surface area contributed by atoms with Crippen LogP contribution in [0, 0.1) is 0 Å². The lowest BCUT2D eigenvalue weighted by Crippen LogP contribution is -2.64. The second-order valence-corrected chi connectivity index (χ2v) is 24.6. The zero-order valence-electron chi connectivity index (χ0n) is 52.8. The van der Waals surface area contributed by atoms with Crippen molar-refractivity contribution in [1.29, 1.82) is 0 Å². The summed E-state index contributed by atoms with van der Waals surface area (Å²) in [4.78, 5) is 50.9. The highest BCUT2D eigenvalue weighted by Crippen LogP contribution is 2.48. The quantitative estimate of drug-likeness (QED) is 0.0122. The first-order chi connectivity index (χ1) is 41.6. The first-order valence-electron chi connectivity index (χ1n) is 32.8. The van der Waals surface area contributed by atoms with Gasteiger partial charge in [0.15, 0.2) is 18.7 Å². The number of phosphoric ester groups is 1. The van der Waals surface area contributed by atoms with Crippen LogP contribution in [0.3, 0.4) is 0 Å². The molecule has 0 radical (unpaired) electrons. The van der Waals surface area contributed by atoms with Gasteiger partial charge in [0.2, 0.25) is 11.8 Å². The third-order valence-corrected chi connectivity index (χ3v) is 16.6. The molecule has 0 aromatic carbocycles. The van der Waals surface area contributed by atoms with E-state index in [4.69, 9.17) is 42.0 Å². The van der Waals surface area contributed by atoms with Crippen molar-refractivity contribution in [2.24, 2.45) is 0 Å². The lowest BCUT2D eigenvalue weighted by Gasteiger charge is -2.45. The molecule has 86 heavy (non-hydrogen) atoms. The molecule has 0 aliphatic carbocycles. The number of phosphoric acid groups is 1. The Balaban J connectivity index is 1.72. The highest BCUT2D eigenvalue weighted by atomic mass is 31.2. The van der Waals surface area contributed by atoms with Gasteiger partial charge in [0.25, 0.3) is 0 Å². The number of hydrogen-bond donors (Lipinski definition) is 8. The van der Waals surface area contributed by atoms with Crippen molar-refractivity contribution in [2.45, 2.75) is 300 Å². The van der Waals surface area contributed by atoms with Crippen LogP contribution >= 0.6 is 7.82 Å². The zero-order valence-corrected chi connectivity index (χ0v) is 53.7. The molecule has 2 rings (SSSR count). The minimum absolute atomic E-state index is 0.0304. The lowest BCUT2D eigenvalue weighted by molar-refractivity contribution is -0.364. The number of ether oxygens (including phenoxy) is 6. The number of hydrogen-bond acceptors (Lipinski definition) is 20. The molecule has 5 unspecified atom stereocenters. The van der Waals surface area contributed by atoms with E-state index in [9.17, 15) is 54.4 Å². The molecule has 0 bridgehead atoms. The number of nitrogens with one attached hydrogen (secondary N) is 2. The van der Waals surface area contributed by atoms with Gasteiger partial charge in [-0.25, -0.2) is 4.57 Å². The third-order valence-electron chi connectivity index (χ3n) is 15.2. The molecule has 2 aliphatic rings. The van der Waals surface area contributed by atoms with Crippen molar-refractivity contribution in [3.8, 4) is 0 Å². The second kappa shape index (κ2) is 50.8. The van der Waals surface area contributed by atoms with E-state index in [1.54, 1.807) is 0 Å². The van der Waals surface area contributed by atoms with Gasteiger partial charge in [-0.2, -0.15) is 0 Å². The number of allylic oxidation sites excluding steroid dienone is 4. The fourth-order valence-corrected chi connectivity index (χ4v) is 10.8.